The van der Waals surface area contributed by atoms with Crippen molar-refractivity contribution >= 4 is 22.6 Å². The van der Waals surface area contributed by atoms with Gasteiger partial charge in [-0.15, -0.1) is 0 Å². The molecule has 0 aliphatic heterocycles. The Kier molecular flexibility index (Phi) is 5.22. The first-order chi connectivity index (χ1) is 14.6. The minimum atomic E-state index is -0.278. The zero-order chi connectivity index (χ0) is 21.1. The van der Waals surface area contributed by atoms with E-state index in [2.05, 4.69) is 5.32 Å². The van der Waals surface area contributed by atoms with Gasteiger partial charge in [0.05, 0.1) is 25.2 Å². The van der Waals surface area contributed by atoms with Crippen LogP contribution in [0.15, 0.2) is 82.0 Å². The topological polar surface area (TPSA) is 77.8 Å². The Morgan fingerprint density at radius 3 is 2.40 bits per heavy atom. The molecule has 0 fully saturated rings. The minimum Gasteiger partial charge on any atom is -0.497 e. The molecule has 0 bridgehead atoms. The lowest BCUT2D eigenvalue weighted by Crippen LogP contribution is -2.12. The number of fused-ring (bicyclic) bond motifs is 1. The number of amides is 1. The van der Waals surface area contributed by atoms with Gasteiger partial charge >= 0.3 is 0 Å². The number of carbonyl (C=O) groups excluding carboxylic acids is 1. The van der Waals surface area contributed by atoms with Crippen LogP contribution in [0.5, 0.6) is 11.5 Å². The van der Waals surface area contributed by atoms with Crippen LogP contribution in [0.4, 0.5) is 5.69 Å². The lowest BCUT2D eigenvalue weighted by atomic mass is 10.1. The zero-order valence-electron chi connectivity index (χ0n) is 16.5. The Labute approximate surface area is 172 Å². The zero-order valence-corrected chi connectivity index (χ0v) is 16.5. The number of carbonyl (C=O) groups is 1. The molecule has 0 unspecified atom stereocenters. The van der Waals surface area contributed by atoms with Crippen LogP contribution in [-0.2, 0) is 0 Å². The van der Waals surface area contributed by atoms with Gasteiger partial charge in [-0.05, 0) is 48.5 Å². The predicted molar refractivity (Wildman–Crippen MR) is 115 cm³/mol. The third-order valence-electron chi connectivity index (χ3n) is 4.71. The highest BCUT2D eigenvalue weighted by molar-refractivity contribution is 6.05. The molecule has 0 radical (unpaired) electrons. The third-order valence-corrected chi connectivity index (χ3v) is 4.71. The quantitative estimate of drug-likeness (QED) is 0.523. The molecule has 0 aliphatic carbocycles. The number of ether oxygens (including phenoxy) is 2. The van der Waals surface area contributed by atoms with Gasteiger partial charge in [-0.3, -0.25) is 9.59 Å². The summed E-state index contributed by atoms with van der Waals surface area (Å²) >= 11 is 0. The van der Waals surface area contributed by atoms with Gasteiger partial charge in [0.15, 0.2) is 5.43 Å². The molecule has 6 nitrogen and oxygen atoms in total. The average molecular weight is 401 g/mol. The smallest absolute Gasteiger partial charge is 0.255 e. The monoisotopic (exact) mass is 401 g/mol. The Morgan fingerprint density at radius 1 is 0.900 bits per heavy atom. The molecule has 6 heteroatoms. The molecule has 1 N–H and O–H groups in total. The number of benzene rings is 3. The lowest BCUT2D eigenvalue weighted by Gasteiger charge is -2.10. The number of hydrogen-bond acceptors (Lipinski definition) is 5. The van der Waals surface area contributed by atoms with E-state index in [-0.39, 0.29) is 11.3 Å². The number of para-hydroxylation sites is 1. The Hall–Kier alpha value is -4.06. The van der Waals surface area contributed by atoms with E-state index in [1.54, 1.807) is 62.8 Å². The first kappa shape index (κ1) is 19.3. The van der Waals surface area contributed by atoms with Gasteiger partial charge in [0, 0.05) is 23.4 Å². The summed E-state index contributed by atoms with van der Waals surface area (Å²) in [4.78, 5) is 25.1. The molecule has 0 saturated carbocycles. The summed E-state index contributed by atoms with van der Waals surface area (Å²) in [6, 6.07) is 20.5. The van der Waals surface area contributed by atoms with Gasteiger partial charge in [0.1, 0.15) is 22.8 Å². The van der Waals surface area contributed by atoms with Crippen LogP contribution in [0.2, 0.25) is 0 Å². The Bertz CT molecular complexity index is 1280. The van der Waals surface area contributed by atoms with Gasteiger partial charge in [0.2, 0.25) is 0 Å². The van der Waals surface area contributed by atoms with Crippen molar-refractivity contribution in [3.8, 4) is 22.8 Å². The molecule has 0 atom stereocenters. The first-order valence-corrected chi connectivity index (χ1v) is 9.26. The van der Waals surface area contributed by atoms with Crippen molar-refractivity contribution in [2.45, 2.75) is 0 Å². The maximum absolute atomic E-state index is 12.6. The maximum atomic E-state index is 12.6. The molecular formula is C24H19NO5. The van der Waals surface area contributed by atoms with E-state index in [4.69, 9.17) is 13.9 Å². The maximum Gasteiger partial charge on any atom is 0.255 e. The van der Waals surface area contributed by atoms with E-state index in [1.165, 1.54) is 6.07 Å². The van der Waals surface area contributed by atoms with Gasteiger partial charge in [0.25, 0.3) is 5.91 Å². The number of rotatable bonds is 5. The highest BCUT2D eigenvalue weighted by Crippen LogP contribution is 2.31. The minimum absolute atomic E-state index is 0.176. The van der Waals surface area contributed by atoms with Crippen molar-refractivity contribution in [3.05, 3.63) is 88.6 Å². The van der Waals surface area contributed by atoms with E-state index in [9.17, 15) is 9.59 Å². The fourth-order valence-electron chi connectivity index (χ4n) is 3.16. The fraction of sp³-hybridized carbons (Fsp3) is 0.0833. The molecule has 4 aromatic rings. The lowest BCUT2D eigenvalue weighted by molar-refractivity contribution is 0.102. The number of methoxy groups -OCH3 is 2. The number of anilines is 1. The summed E-state index contributed by atoms with van der Waals surface area (Å²) in [6.07, 6.45) is 0. The van der Waals surface area contributed by atoms with Gasteiger partial charge in [-0.2, -0.15) is 0 Å². The average Bonchev–Trinajstić information content (AvgIpc) is 2.78. The largest absolute Gasteiger partial charge is 0.497 e. The molecule has 150 valence electrons. The molecular weight excluding hydrogens is 382 g/mol. The van der Waals surface area contributed by atoms with Crippen LogP contribution in [0.1, 0.15) is 10.4 Å². The molecule has 1 heterocycles. The van der Waals surface area contributed by atoms with Gasteiger partial charge < -0.3 is 19.2 Å². The molecule has 1 aromatic heterocycles. The highest BCUT2D eigenvalue weighted by atomic mass is 16.5. The second-order valence-electron chi connectivity index (χ2n) is 6.57. The van der Waals surface area contributed by atoms with E-state index < -0.39 is 0 Å². The van der Waals surface area contributed by atoms with E-state index in [0.29, 0.717) is 45.0 Å². The van der Waals surface area contributed by atoms with Crippen molar-refractivity contribution < 1.29 is 18.7 Å². The summed E-state index contributed by atoms with van der Waals surface area (Å²) in [7, 11) is 3.13. The van der Waals surface area contributed by atoms with E-state index in [1.807, 2.05) is 18.2 Å². The van der Waals surface area contributed by atoms with Crippen molar-refractivity contribution in [2.24, 2.45) is 0 Å². The third kappa shape index (κ3) is 3.75. The predicted octanol–water partition coefficient (Wildman–Crippen LogP) is 4.73. The van der Waals surface area contributed by atoms with Crippen molar-refractivity contribution in [2.75, 3.05) is 19.5 Å². The molecule has 3 aromatic carbocycles. The molecule has 0 spiro atoms. The molecule has 1 amide bonds. The highest BCUT2D eigenvalue weighted by Gasteiger charge is 2.13. The summed E-state index contributed by atoms with van der Waals surface area (Å²) < 4.78 is 16.5. The van der Waals surface area contributed by atoms with Gasteiger partial charge in [-0.1, -0.05) is 12.1 Å². The normalized spacial score (nSPS) is 10.6. The molecule has 30 heavy (non-hydrogen) atoms. The standard InChI is InChI=1S/C24H19NO5/c1-28-17-10-7-15(8-11-17)24(27)25-16-9-12-18-20(26)14-23(30-22(18)13-16)19-5-3-4-6-21(19)29-2/h3-14H,1-2H3,(H,25,27). The van der Waals surface area contributed by atoms with Crippen LogP contribution in [0.25, 0.3) is 22.3 Å². The van der Waals surface area contributed by atoms with Crippen LogP contribution in [0.3, 0.4) is 0 Å². The summed E-state index contributed by atoms with van der Waals surface area (Å²) in [6.45, 7) is 0. The SMILES string of the molecule is COc1ccc(C(=O)Nc2ccc3c(=O)cc(-c4ccccc4OC)oc3c2)cc1. The Balaban J connectivity index is 1.69. The van der Waals surface area contributed by atoms with Crippen LogP contribution in [-0.4, -0.2) is 20.1 Å². The molecule has 4 rings (SSSR count). The first-order valence-electron chi connectivity index (χ1n) is 9.26. The van der Waals surface area contributed by atoms with Crippen molar-refractivity contribution in [3.63, 3.8) is 0 Å². The fourth-order valence-corrected chi connectivity index (χ4v) is 3.16. The Morgan fingerprint density at radius 2 is 1.67 bits per heavy atom. The second-order valence-corrected chi connectivity index (χ2v) is 6.57. The van der Waals surface area contributed by atoms with Crippen LogP contribution in [0, 0.1) is 0 Å². The van der Waals surface area contributed by atoms with Gasteiger partial charge in [-0.25, -0.2) is 0 Å². The van der Waals surface area contributed by atoms with E-state index in [0.717, 1.165) is 0 Å². The summed E-state index contributed by atoms with van der Waals surface area (Å²) in [5, 5.41) is 3.25. The number of nitrogens with one attached hydrogen (secondary N) is 1. The van der Waals surface area contributed by atoms with E-state index >= 15 is 0 Å². The van der Waals surface area contributed by atoms with Crippen LogP contribution < -0.4 is 20.2 Å². The summed E-state index contributed by atoms with van der Waals surface area (Å²) in [5.41, 5.74) is 1.87. The van der Waals surface area contributed by atoms with Crippen molar-refractivity contribution in [1.29, 1.82) is 0 Å². The summed E-state index contributed by atoms with van der Waals surface area (Å²) in [5.74, 6) is 1.38. The molecule has 0 saturated heterocycles. The number of hydrogen-bond donors (Lipinski definition) is 1. The van der Waals surface area contributed by atoms with Crippen molar-refractivity contribution in [1.82, 2.24) is 0 Å². The second kappa shape index (κ2) is 8.13. The molecule has 0 aliphatic rings. The van der Waals surface area contributed by atoms with Crippen LogP contribution >= 0.6 is 0 Å².